The number of carbonyl (C=O) groups is 4. The lowest BCUT2D eigenvalue weighted by molar-refractivity contribution is -0.142. The number of nitriles is 1. The normalized spacial score (nSPS) is 24.4. The van der Waals surface area contributed by atoms with E-state index in [1.165, 1.54) is 0 Å². The zero-order valence-corrected chi connectivity index (χ0v) is 22.9. The first-order valence-corrected chi connectivity index (χ1v) is 14.3. The minimum Gasteiger partial charge on any atom is -0.425 e. The van der Waals surface area contributed by atoms with E-state index in [1.54, 1.807) is 26.0 Å². The van der Waals surface area contributed by atoms with Crippen molar-refractivity contribution in [2.75, 3.05) is 0 Å². The number of benzene rings is 1. The summed E-state index contributed by atoms with van der Waals surface area (Å²) >= 11 is 2.30. The van der Waals surface area contributed by atoms with Gasteiger partial charge in [0.15, 0.2) is 0 Å². The maximum Gasteiger partial charge on any atom is 0.314 e. The number of fused-ring (bicyclic) bond motifs is 1. The molecule has 1 aliphatic heterocycles. The monoisotopic (exact) mass is 552 g/mol. The predicted octanol–water partition coefficient (Wildman–Crippen LogP) is 6.10. The van der Waals surface area contributed by atoms with Crippen LogP contribution in [0.25, 0.3) is 4.85 Å². The Morgan fingerprint density at radius 3 is 1.47 bits per heavy atom. The van der Waals surface area contributed by atoms with Crippen LogP contribution in [-0.4, -0.2) is 23.5 Å². The van der Waals surface area contributed by atoms with Gasteiger partial charge in [-0.15, -0.1) is 0 Å². The number of hydrogen-bond donors (Lipinski definition) is 0. The second-order valence-corrected chi connectivity index (χ2v) is 12.2. The van der Waals surface area contributed by atoms with Crippen LogP contribution in [0, 0.1) is 41.6 Å². The van der Waals surface area contributed by atoms with Crippen molar-refractivity contribution in [1.29, 1.82) is 5.26 Å². The van der Waals surface area contributed by atoms with Crippen molar-refractivity contribution in [1.82, 2.24) is 0 Å². The third kappa shape index (κ3) is 6.14. The Kier molecular flexibility index (Phi) is 8.96. The average molecular weight is 553 g/mol. The lowest BCUT2D eigenvalue weighted by atomic mass is 9.80. The lowest BCUT2D eigenvalue weighted by Crippen LogP contribution is -2.28. The number of nitrogens with zero attached hydrogens (tertiary/aromatic N) is 2. The van der Waals surface area contributed by atoms with Gasteiger partial charge in [0.25, 0.3) is 5.70 Å². The number of ether oxygens (including phenoxy) is 2. The zero-order chi connectivity index (χ0) is 27.4. The molecular formula is C28H28N2O6S2. The summed E-state index contributed by atoms with van der Waals surface area (Å²) in [6, 6.07) is 5.05. The molecule has 1 aromatic rings. The Bertz CT molecular complexity index is 1180. The molecule has 198 valence electrons. The van der Waals surface area contributed by atoms with E-state index in [9.17, 15) is 24.4 Å². The lowest BCUT2D eigenvalue weighted by Gasteiger charge is -2.26. The second kappa shape index (κ2) is 12.2. The number of hydrogen-bond acceptors (Lipinski definition) is 9. The van der Waals surface area contributed by atoms with Crippen LogP contribution in [0.3, 0.4) is 0 Å². The Hall–Kier alpha value is -3.08. The number of rotatable bonds is 6. The fraction of sp³-hybridized carbons (Fsp3) is 0.500. The van der Waals surface area contributed by atoms with E-state index < -0.39 is 0 Å². The Morgan fingerprint density at radius 2 is 1.16 bits per heavy atom. The molecule has 0 N–H and O–H groups in total. The molecule has 0 bridgehead atoms. The largest absolute Gasteiger partial charge is 0.425 e. The summed E-state index contributed by atoms with van der Waals surface area (Å²) < 4.78 is 12.0. The molecule has 2 aliphatic carbocycles. The highest BCUT2D eigenvalue weighted by atomic mass is 32.2. The van der Waals surface area contributed by atoms with Crippen molar-refractivity contribution in [3.05, 3.63) is 33.5 Å². The summed E-state index contributed by atoms with van der Waals surface area (Å²) in [5.74, 6) is -0.526. The molecule has 0 spiro atoms. The molecule has 0 saturated heterocycles. The summed E-state index contributed by atoms with van der Waals surface area (Å²) in [6.07, 6.45) is 4.95. The molecule has 4 rings (SSSR count). The van der Waals surface area contributed by atoms with E-state index in [0.29, 0.717) is 65.4 Å². The van der Waals surface area contributed by atoms with Gasteiger partial charge in [0.05, 0.1) is 38.5 Å². The molecule has 1 aromatic carbocycles. The third-order valence-corrected chi connectivity index (χ3v) is 10.1. The first-order valence-electron chi connectivity index (χ1n) is 12.7. The summed E-state index contributed by atoms with van der Waals surface area (Å²) in [4.78, 5) is 53.6. The van der Waals surface area contributed by atoms with Crippen LogP contribution in [0.5, 0.6) is 11.5 Å². The molecule has 10 heteroatoms. The fourth-order valence-corrected chi connectivity index (χ4v) is 7.63. The molecule has 2 fully saturated rings. The quantitative estimate of drug-likeness (QED) is 0.179. The SMILES string of the molecule is [C-]#[N+]C(C#N)=C1Sc2c(OC(=O)C3CCC(C(C)=O)CC3)ccc(OC(=O)C3CCC(C(C)=O)CC3)c2S1. The van der Waals surface area contributed by atoms with E-state index in [0.717, 1.165) is 23.5 Å². The first-order chi connectivity index (χ1) is 18.2. The van der Waals surface area contributed by atoms with Crippen molar-refractivity contribution < 1.29 is 28.7 Å². The van der Waals surface area contributed by atoms with E-state index in [-0.39, 0.29) is 64.4 Å². The molecule has 0 radical (unpaired) electrons. The van der Waals surface area contributed by atoms with Crippen LogP contribution in [0.15, 0.2) is 31.9 Å². The molecule has 2 saturated carbocycles. The van der Waals surface area contributed by atoms with Gasteiger partial charge in [0.2, 0.25) is 0 Å². The van der Waals surface area contributed by atoms with E-state index in [4.69, 9.17) is 16.0 Å². The number of allylic oxidation sites excluding steroid dienone is 1. The maximum absolute atomic E-state index is 13.0. The van der Waals surface area contributed by atoms with Crippen LogP contribution in [0.1, 0.15) is 65.2 Å². The highest BCUT2D eigenvalue weighted by Gasteiger charge is 2.35. The van der Waals surface area contributed by atoms with Gasteiger partial charge in [-0.05, 0) is 77.3 Å². The van der Waals surface area contributed by atoms with Gasteiger partial charge in [-0.2, -0.15) is 0 Å². The second-order valence-electron chi connectivity index (χ2n) is 9.94. The highest BCUT2D eigenvalue weighted by Crippen LogP contribution is 2.59. The standard InChI is InChI=1S/C28H28N2O6S2/c1-15(31)17-4-8-19(9-5-17)26(33)35-22-12-13-23(25-24(22)37-28(38-25)21(14-29)30-3)36-27(34)20-10-6-18(7-11-20)16(2)32/h12-13,17-20H,4-11H2,1-2H3. The van der Waals surface area contributed by atoms with E-state index >= 15 is 0 Å². The topological polar surface area (TPSA) is 115 Å². The predicted molar refractivity (Wildman–Crippen MR) is 141 cm³/mol. The minimum atomic E-state index is -0.380. The molecular weight excluding hydrogens is 524 g/mol. The van der Waals surface area contributed by atoms with Crippen LogP contribution in [-0.2, 0) is 19.2 Å². The number of carbonyl (C=O) groups excluding carboxylic acids is 4. The summed E-state index contributed by atoms with van der Waals surface area (Å²) in [6.45, 7) is 10.5. The van der Waals surface area contributed by atoms with Gasteiger partial charge in [-0.25, -0.2) is 10.1 Å². The van der Waals surface area contributed by atoms with Crippen molar-refractivity contribution in [3.63, 3.8) is 0 Å². The van der Waals surface area contributed by atoms with Gasteiger partial charge in [-0.1, -0.05) is 23.5 Å². The van der Waals surface area contributed by atoms with Crippen LogP contribution in [0.4, 0.5) is 0 Å². The minimum absolute atomic E-state index is 0.00699. The first kappa shape index (κ1) is 27.9. The van der Waals surface area contributed by atoms with Gasteiger partial charge in [-0.3, -0.25) is 19.2 Å². The maximum atomic E-state index is 13.0. The number of Topliss-reactive ketones (excluding diaryl/α,β-unsaturated/α-hetero) is 2. The van der Waals surface area contributed by atoms with Crippen LogP contribution in [0.2, 0.25) is 0 Å². The van der Waals surface area contributed by atoms with E-state index in [2.05, 4.69) is 4.85 Å². The van der Waals surface area contributed by atoms with E-state index in [1.807, 2.05) is 6.07 Å². The highest BCUT2D eigenvalue weighted by molar-refractivity contribution is 8.24. The molecule has 0 unspecified atom stereocenters. The molecule has 0 aromatic heterocycles. The van der Waals surface area contributed by atoms with Crippen LogP contribution < -0.4 is 9.47 Å². The summed E-state index contributed by atoms with van der Waals surface area (Å²) in [5, 5.41) is 9.39. The number of thioether (sulfide) groups is 2. The van der Waals surface area contributed by atoms with Gasteiger partial charge in [0, 0.05) is 11.8 Å². The van der Waals surface area contributed by atoms with Crippen molar-refractivity contribution >= 4 is 47.0 Å². The fourth-order valence-electron chi connectivity index (χ4n) is 5.15. The number of esters is 2. The summed E-state index contributed by atoms with van der Waals surface area (Å²) in [5.41, 5.74) is -0.0872. The zero-order valence-electron chi connectivity index (χ0n) is 21.3. The molecule has 3 aliphatic rings. The summed E-state index contributed by atoms with van der Waals surface area (Å²) in [7, 11) is 0. The van der Waals surface area contributed by atoms with Crippen molar-refractivity contribution in [3.8, 4) is 17.6 Å². The molecule has 1 heterocycles. The van der Waals surface area contributed by atoms with Crippen molar-refractivity contribution in [2.45, 2.75) is 75.0 Å². The Balaban J connectivity index is 1.53. The third-order valence-electron chi connectivity index (χ3n) is 7.53. The average Bonchev–Trinajstić information content (AvgIpc) is 3.36. The number of ketones is 2. The Labute approximate surface area is 230 Å². The van der Waals surface area contributed by atoms with Crippen LogP contribution >= 0.6 is 23.5 Å². The molecule has 0 atom stereocenters. The Morgan fingerprint density at radius 1 is 0.789 bits per heavy atom. The van der Waals surface area contributed by atoms with Gasteiger partial charge < -0.3 is 9.47 Å². The smallest absolute Gasteiger partial charge is 0.314 e. The molecule has 8 nitrogen and oxygen atoms in total. The van der Waals surface area contributed by atoms with Gasteiger partial charge in [0.1, 0.15) is 23.1 Å². The molecule has 0 amide bonds. The molecule has 38 heavy (non-hydrogen) atoms. The van der Waals surface area contributed by atoms with Crippen molar-refractivity contribution in [2.24, 2.45) is 23.7 Å². The van der Waals surface area contributed by atoms with Gasteiger partial charge >= 0.3 is 11.9 Å².